The molecular weight excluding hydrogens is 452 g/mol. The summed E-state index contributed by atoms with van der Waals surface area (Å²) in [6.45, 7) is 6.85. The third-order valence-corrected chi connectivity index (χ3v) is 6.62. The van der Waals surface area contributed by atoms with Crippen LogP contribution in [0.3, 0.4) is 0 Å². The van der Waals surface area contributed by atoms with Crippen molar-refractivity contribution in [2.24, 2.45) is 11.8 Å². The third-order valence-electron chi connectivity index (χ3n) is 6.62. The number of nitrogens with one attached hydrogen (secondary N) is 2. The Balaban J connectivity index is 1.35. The van der Waals surface area contributed by atoms with Gasteiger partial charge in [0.15, 0.2) is 0 Å². The number of hydrogen-bond donors (Lipinski definition) is 3. The van der Waals surface area contributed by atoms with Gasteiger partial charge >= 0.3 is 6.09 Å². The van der Waals surface area contributed by atoms with E-state index in [0.29, 0.717) is 36.2 Å². The molecule has 4 N–H and O–H groups in total. The van der Waals surface area contributed by atoms with E-state index in [1.54, 1.807) is 0 Å². The van der Waals surface area contributed by atoms with E-state index >= 15 is 0 Å². The number of amides is 2. The van der Waals surface area contributed by atoms with Crippen molar-refractivity contribution in [2.75, 3.05) is 18.8 Å². The number of fused-ring (bicyclic) bond motifs is 1. The van der Waals surface area contributed by atoms with Crippen molar-refractivity contribution in [1.29, 1.82) is 0 Å². The molecule has 36 heavy (non-hydrogen) atoms. The van der Waals surface area contributed by atoms with Crippen LogP contribution in [0.4, 0.5) is 10.5 Å². The van der Waals surface area contributed by atoms with Gasteiger partial charge in [0.2, 0.25) is 0 Å². The maximum Gasteiger partial charge on any atom is 0.407 e. The second kappa shape index (κ2) is 11.0. The number of alkyl carbamates (subject to hydrolysis) is 1. The number of aromatic nitrogens is 1. The lowest BCUT2D eigenvalue weighted by molar-refractivity contribution is 0.0512. The smallest absolute Gasteiger partial charge is 0.407 e. The van der Waals surface area contributed by atoms with E-state index in [2.05, 4.69) is 10.6 Å². The number of nitrogens with zero attached hydrogens (tertiary/aromatic N) is 1. The molecule has 1 saturated carbocycles. The lowest BCUT2D eigenvalue weighted by atomic mass is 9.82. The molecule has 1 fully saturated rings. The van der Waals surface area contributed by atoms with Gasteiger partial charge in [0.25, 0.3) is 5.91 Å². The van der Waals surface area contributed by atoms with E-state index in [-0.39, 0.29) is 12.0 Å². The summed E-state index contributed by atoms with van der Waals surface area (Å²) in [5.41, 5.74) is 9.11. The minimum Gasteiger partial charge on any atom is -0.444 e. The monoisotopic (exact) mass is 488 g/mol. The maximum atomic E-state index is 13.3. The van der Waals surface area contributed by atoms with Gasteiger partial charge in [-0.1, -0.05) is 30.3 Å². The molecule has 7 nitrogen and oxygen atoms in total. The molecule has 1 aliphatic rings. The number of rotatable bonds is 6. The SMILES string of the molecule is CC(C)(C)OC(=O)NCC1CCC(CNC(=O)c2cc(-c3ccc(N)cc3)nc3ccccc23)CC1. The van der Waals surface area contributed by atoms with Crippen molar-refractivity contribution in [3.63, 3.8) is 0 Å². The second-order valence-corrected chi connectivity index (χ2v) is 10.7. The molecular formula is C29H36N4O3. The zero-order chi connectivity index (χ0) is 25.7. The first kappa shape index (κ1) is 25.5. The summed E-state index contributed by atoms with van der Waals surface area (Å²) in [6.07, 6.45) is 3.73. The van der Waals surface area contributed by atoms with E-state index in [9.17, 15) is 9.59 Å². The number of anilines is 1. The molecule has 0 atom stereocenters. The molecule has 7 heteroatoms. The van der Waals surface area contributed by atoms with Crippen LogP contribution in [0.2, 0.25) is 0 Å². The largest absolute Gasteiger partial charge is 0.444 e. The van der Waals surface area contributed by atoms with Crippen molar-refractivity contribution in [3.05, 3.63) is 60.2 Å². The van der Waals surface area contributed by atoms with Gasteiger partial charge in [0, 0.05) is 29.7 Å². The quantitative estimate of drug-likeness (QED) is 0.395. The minimum absolute atomic E-state index is 0.0842. The molecule has 2 aromatic carbocycles. The number of carbonyl (C=O) groups is 2. The number of ether oxygens (including phenoxy) is 1. The van der Waals surface area contributed by atoms with E-state index in [0.717, 1.165) is 47.8 Å². The second-order valence-electron chi connectivity index (χ2n) is 10.7. The Morgan fingerprint density at radius 1 is 0.944 bits per heavy atom. The zero-order valence-corrected chi connectivity index (χ0v) is 21.3. The van der Waals surface area contributed by atoms with Crippen LogP contribution in [0.5, 0.6) is 0 Å². The average Bonchev–Trinajstić information content (AvgIpc) is 2.85. The first-order valence-corrected chi connectivity index (χ1v) is 12.7. The fraction of sp³-hybridized carbons (Fsp3) is 0.414. The van der Waals surface area contributed by atoms with Crippen molar-refractivity contribution >= 4 is 28.6 Å². The highest BCUT2D eigenvalue weighted by Crippen LogP contribution is 2.29. The Bertz CT molecular complexity index is 1210. The van der Waals surface area contributed by atoms with Crippen LogP contribution in [0.15, 0.2) is 54.6 Å². The molecule has 0 aliphatic heterocycles. The van der Waals surface area contributed by atoms with Gasteiger partial charge in [-0.2, -0.15) is 0 Å². The van der Waals surface area contributed by atoms with Crippen LogP contribution in [-0.4, -0.2) is 35.7 Å². The lowest BCUT2D eigenvalue weighted by Crippen LogP contribution is -2.37. The predicted octanol–water partition coefficient (Wildman–Crippen LogP) is 5.54. The number of nitrogens with two attached hydrogens (primary N) is 1. The molecule has 1 heterocycles. The Morgan fingerprint density at radius 3 is 2.19 bits per heavy atom. The Labute approximate surface area is 212 Å². The Hall–Kier alpha value is -3.61. The summed E-state index contributed by atoms with van der Waals surface area (Å²) in [5.74, 6) is 0.784. The van der Waals surface area contributed by atoms with Gasteiger partial charge in [0.1, 0.15) is 5.60 Å². The molecule has 0 unspecified atom stereocenters. The number of pyridine rings is 1. The molecule has 190 valence electrons. The minimum atomic E-state index is -0.490. The summed E-state index contributed by atoms with van der Waals surface area (Å²) >= 11 is 0. The van der Waals surface area contributed by atoms with Crippen LogP contribution in [0.1, 0.15) is 56.8 Å². The Kier molecular flexibility index (Phi) is 7.77. The normalized spacial score (nSPS) is 18.0. The molecule has 0 saturated heterocycles. The van der Waals surface area contributed by atoms with E-state index in [1.165, 1.54) is 0 Å². The highest BCUT2D eigenvalue weighted by atomic mass is 16.6. The van der Waals surface area contributed by atoms with E-state index in [4.69, 9.17) is 15.5 Å². The topological polar surface area (TPSA) is 106 Å². The van der Waals surface area contributed by atoms with Gasteiger partial charge in [-0.05, 0) is 82.6 Å². The third kappa shape index (κ3) is 6.74. The van der Waals surface area contributed by atoms with Gasteiger partial charge in [-0.3, -0.25) is 4.79 Å². The van der Waals surface area contributed by atoms with Crippen LogP contribution >= 0.6 is 0 Å². The molecule has 0 bridgehead atoms. The maximum absolute atomic E-state index is 13.3. The highest BCUT2D eigenvalue weighted by Gasteiger charge is 2.24. The zero-order valence-electron chi connectivity index (χ0n) is 21.3. The summed E-state index contributed by atoms with van der Waals surface area (Å²) in [7, 11) is 0. The van der Waals surface area contributed by atoms with Crippen molar-refractivity contribution < 1.29 is 14.3 Å². The van der Waals surface area contributed by atoms with Crippen molar-refractivity contribution in [3.8, 4) is 11.3 Å². The van der Waals surface area contributed by atoms with Crippen LogP contribution in [0.25, 0.3) is 22.2 Å². The van der Waals surface area contributed by atoms with Crippen molar-refractivity contribution in [1.82, 2.24) is 15.6 Å². The number of hydrogen-bond acceptors (Lipinski definition) is 5. The fourth-order valence-electron chi connectivity index (χ4n) is 4.68. The highest BCUT2D eigenvalue weighted by molar-refractivity contribution is 6.07. The van der Waals surface area contributed by atoms with Gasteiger partial charge in [-0.15, -0.1) is 0 Å². The van der Waals surface area contributed by atoms with E-state index in [1.807, 2.05) is 75.4 Å². The van der Waals surface area contributed by atoms with E-state index < -0.39 is 5.60 Å². The first-order chi connectivity index (χ1) is 17.2. The van der Waals surface area contributed by atoms with Crippen LogP contribution in [-0.2, 0) is 4.74 Å². The van der Waals surface area contributed by atoms with Crippen LogP contribution in [0, 0.1) is 11.8 Å². The Morgan fingerprint density at radius 2 is 1.56 bits per heavy atom. The van der Waals surface area contributed by atoms with Crippen LogP contribution < -0.4 is 16.4 Å². The molecule has 4 rings (SSSR count). The molecule has 0 spiro atoms. The molecule has 1 aromatic heterocycles. The predicted molar refractivity (Wildman–Crippen MR) is 144 cm³/mol. The standard InChI is InChI=1S/C29H36N4O3/c1-29(2,3)36-28(35)32-18-20-10-8-19(9-11-20)17-31-27(34)24-16-26(21-12-14-22(30)15-13-21)33-25-7-5-4-6-23(24)25/h4-7,12-16,19-20H,8-11,17-18,30H2,1-3H3,(H,31,34)(H,32,35). The summed E-state index contributed by atoms with van der Waals surface area (Å²) in [4.78, 5) is 30.0. The average molecular weight is 489 g/mol. The van der Waals surface area contributed by atoms with Gasteiger partial charge in [-0.25, -0.2) is 9.78 Å². The summed E-state index contributed by atoms with van der Waals surface area (Å²) in [5, 5.41) is 6.89. The van der Waals surface area contributed by atoms with Crippen molar-refractivity contribution in [2.45, 2.75) is 52.1 Å². The fourth-order valence-corrected chi connectivity index (χ4v) is 4.68. The first-order valence-electron chi connectivity index (χ1n) is 12.7. The number of carbonyl (C=O) groups excluding carboxylic acids is 2. The number of benzene rings is 2. The lowest BCUT2D eigenvalue weighted by Gasteiger charge is -2.29. The number of nitrogen functional groups attached to an aromatic ring is 1. The van der Waals surface area contributed by atoms with Gasteiger partial charge < -0.3 is 21.1 Å². The number of para-hydroxylation sites is 1. The molecule has 1 aliphatic carbocycles. The molecule has 0 radical (unpaired) electrons. The van der Waals surface area contributed by atoms with Gasteiger partial charge in [0.05, 0.1) is 16.8 Å². The molecule has 3 aromatic rings. The summed E-state index contributed by atoms with van der Waals surface area (Å²) < 4.78 is 5.32. The molecule has 2 amide bonds. The summed E-state index contributed by atoms with van der Waals surface area (Å²) in [6, 6.07) is 17.1.